The maximum absolute atomic E-state index is 5.77. The molecule has 0 bridgehead atoms. The SMILES string of the molecule is CC(C)=Cc1ccc(OCCN2CCOCC2)cc1. The Hall–Kier alpha value is -1.32. The highest BCUT2D eigenvalue weighted by molar-refractivity contribution is 5.52. The fourth-order valence-corrected chi connectivity index (χ4v) is 2.11. The third-order valence-corrected chi connectivity index (χ3v) is 3.12. The lowest BCUT2D eigenvalue weighted by molar-refractivity contribution is 0.0322. The van der Waals surface area contributed by atoms with Crippen molar-refractivity contribution in [3.63, 3.8) is 0 Å². The highest BCUT2D eigenvalue weighted by Gasteiger charge is 2.09. The summed E-state index contributed by atoms with van der Waals surface area (Å²) in [5, 5.41) is 0. The number of hydrogen-bond acceptors (Lipinski definition) is 3. The largest absolute Gasteiger partial charge is 0.492 e. The van der Waals surface area contributed by atoms with E-state index in [0.29, 0.717) is 0 Å². The molecule has 0 saturated carbocycles. The minimum atomic E-state index is 0.738. The molecule has 3 nitrogen and oxygen atoms in total. The maximum atomic E-state index is 5.77. The van der Waals surface area contributed by atoms with Crippen molar-refractivity contribution < 1.29 is 9.47 Å². The second kappa shape index (κ2) is 7.31. The van der Waals surface area contributed by atoms with E-state index in [4.69, 9.17) is 9.47 Å². The molecule has 0 aromatic heterocycles. The van der Waals surface area contributed by atoms with Crippen molar-refractivity contribution in [3.8, 4) is 5.75 Å². The number of nitrogens with zero attached hydrogens (tertiary/aromatic N) is 1. The summed E-state index contributed by atoms with van der Waals surface area (Å²) in [7, 11) is 0. The molecule has 1 saturated heterocycles. The van der Waals surface area contributed by atoms with Gasteiger partial charge in [0.15, 0.2) is 0 Å². The van der Waals surface area contributed by atoms with E-state index in [2.05, 4.69) is 37.0 Å². The fraction of sp³-hybridized carbons (Fsp3) is 0.500. The Labute approximate surface area is 115 Å². The van der Waals surface area contributed by atoms with Crippen LogP contribution in [-0.2, 0) is 4.74 Å². The molecule has 3 heteroatoms. The summed E-state index contributed by atoms with van der Waals surface area (Å²) in [5.74, 6) is 0.944. The first-order chi connectivity index (χ1) is 9.24. The van der Waals surface area contributed by atoms with E-state index in [1.807, 2.05) is 12.1 Å². The number of rotatable bonds is 5. The van der Waals surface area contributed by atoms with Gasteiger partial charge in [-0.25, -0.2) is 0 Å². The number of hydrogen-bond donors (Lipinski definition) is 0. The molecule has 1 aliphatic heterocycles. The Morgan fingerprint density at radius 3 is 2.53 bits per heavy atom. The maximum Gasteiger partial charge on any atom is 0.119 e. The average Bonchev–Trinajstić information content (AvgIpc) is 2.41. The predicted molar refractivity (Wildman–Crippen MR) is 78.5 cm³/mol. The van der Waals surface area contributed by atoms with Crippen LogP contribution in [0.3, 0.4) is 0 Å². The van der Waals surface area contributed by atoms with Crippen molar-refractivity contribution in [2.75, 3.05) is 39.5 Å². The minimum Gasteiger partial charge on any atom is -0.492 e. The Bertz CT molecular complexity index is 401. The first kappa shape index (κ1) is 14.1. The van der Waals surface area contributed by atoms with Crippen LogP contribution < -0.4 is 4.74 Å². The Morgan fingerprint density at radius 1 is 1.21 bits per heavy atom. The molecule has 1 aliphatic rings. The van der Waals surface area contributed by atoms with Gasteiger partial charge in [-0.15, -0.1) is 0 Å². The van der Waals surface area contributed by atoms with Gasteiger partial charge in [-0.3, -0.25) is 4.90 Å². The van der Waals surface area contributed by atoms with Gasteiger partial charge in [0.1, 0.15) is 12.4 Å². The van der Waals surface area contributed by atoms with E-state index in [9.17, 15) is 0 Å². The number of benzene rings is 1. The van der Waals surface area contributed by atoms with Gasteiger partial charge in [0, 0.05) is 19.6 Å². The number of morpholine rings is 1. The van der Waals surface area contributed by atoms with E-state index >= 15 is 0 Å². The summed E-state index contributed by atoms with van der Waals surface area (Å²) in [6, 6.07) is 8.26. The van der Waals surface area contributed by atoms with Crippen LogP contribution in [0.15, 0.2) is 29.8 Å². The van der Waals surface area contributed by atoms with Crippen molar-refractivity contribution >= 4 is 6.08 Å². The summed E-state index contributed by atoms with van der Waals surface area (Å²) in [5.41, 5.74) is 2.53. The molecular formula is C16H23NO2. The first-order valence-corrected chi connectivity index (χ1v) is 6.92. The molecule has 1 aromatic rings. The molecule has 0 spiro atoms. The zero-order chi connectivity index (χ0) is 13.5. The molecular weight excluding hydrogens is 238 g/mol. The normalized spacial score (nSPS) is 16.1. The van der Waals surface area contributed by atoms with Crippen molar-refractivity contribution in [2.24, 2.45) is 0 Å². The molecule has 0 amide bonds. The van der Waals surface area contributed by atoms with Gasteiger partial charge in [0.25, 0.3) is 0 Å². The van der Waals surface area contributed by atoms with Gasteiger partial charge >= 0.3 is 0 Å². The van der Waals surface area contributed by atoms with Crippen LogP contribution in [0.2, 0.25) is 0 Å². The standard InChI is InChI=1S/C16H23NO2/c1-14(2)13-15-3-5-16(6-4-15)19-12-9-17-7-10-18-11-8-17/h3-6,13H,7-12H2,1-2H3. The lowest BCUT2D eigenvalue weighted by atomic mass is 10.1. The molecule has 0 aliphatic carbocycles. The van der Waals surface area contributed by atoms with Crippen molar-refractivity contribution in [2.45, 2.75) is 13.8 Å². The molecule has 0 N–H and O–H groups in total. The van der Waals surface area contributed by atoms with Gasteiger partial charge in [-0.2, -0.15) is 0 Å². The lowest BCUT2D eigenvalue weighted by Crippen LogP contribution is -2.38. The molecule has 1 fully saturated rings. The van der Waals surface area contributed by atoms with Crippen LogP contribution in [0, 0.1) is 0 Å². The predicted octanol–water partition coefficient (Wildman–Crippen LogP) is 2.82. The van der Waals surface area contributed by atoms with Crippen molar-refractivity contribution in [3.05, 3.63) is 35.4 Å². The highest BCUT2D eigenvalue weighted by Crippen LogP contribution is 2.14. The fourth-order valence-electron chi connectivity index (χ4n) is 2.11. The van der Waals surface area contributed by atoms with Crippen molar-refractivity contribution in [1.82, 2.24) is 4.90 Å². The zero-order valence-corrected chi connectivity index (χ0v) is 11.9. The van der Waals surface area contributed by atoms with Crippen LogP contribution in [0.25, 0.3) is 6.08 Å². The molecule has 19 heavy (non-hydrogen) atoms. The minimum absolute atomic E-state index is 0.738. The molecule has 0 unspecified atom stereocenters. The van der Waals surface area contributed by atoms with Crippen LogP contribution in [0.1, 0.15) is 19.4 Å². The van der Waals surface area contributed by atoms with Crippen molar-refractivity contribution in [1.29, 1.82) is 0 Å². The Kier molecular flexibility index (Phi) is 5.43. The van der Waals surface area contributed by atoms with Gasteiger partial charge in [0.05, 0.1) is 13.2 Å². The lowest BCUT2D eigenvalue weighted by Gasteiger charge is -2.26. The van der Waals surface area contributed by atoms with Gasteiger partial charge in [-0.1, -0.05) is 23.8 Å². The average molecular weight is 261 g/mol. The summed E-state index contributed by atoms with van der Waals surface area (Å²) >= 11 is 0. The number of allylic oxidation sites excluding steroid dienone is 1. The monoisotopic (exact) mass is 261 g/mol. The smallest absolute Gasteiger partial charge is 0.119 e. The van der Waals surface area contributed by atoms with E-state index in [0.717, 1.165) is 45.2 Å². The van der Waals surface area contributed by atoms with E-state index in [1.54, 1.807) is 0 Å². The van der Waals surface area contributed by atoms with Crippen LogP contribution in [-0.4, -0.2) is 44.4 Å². The van der Waals surface area contributed by atoms with E-state index in [1.165, 1.54) is 11.1 Å². The molecule has 0 radical (unpaired) electrons. The quantitative estimate of drug-likeness (QED) is 0.813. The van der Waals surface area contributed by atoms with E-state index in [-0.39, 0.29) is 0 Å². The third-order valence-electron chi connectivity index (χ3n) is 3.12. The molecule has 104 valence electrons. The number of ether oxygens (including phenoxy) is 2. The molecule has 1 aromatic carbocycles. The summed E-state index contributed by atoms with van der Waals surface area (Å²) in [6.45, 7) is 9.64. The topological polar surface area (TPSA) is 21.7 Å². The van der Waals surface area contributed by atoms with Crippen LogP contribution >= 0.6 is 0 Å². The highest BCUT2D eigenvalue weighted by atomic mass is 16.5. The van der Waals surface area contributed by atoms with Gasteiger partial charge in [-0.05, 0) is 31.5 Å². The van der Waals surface area contributed by atoms with Crippen LogP contribution in [0.5, 0.6) is 5.75 Å². The molecule has 0 atom stereocenters. The summed E-state index contributed by atoms with van der Waals surface area (Å²) in [6.07, 6.45) is 2.16. The summed E-state index contributed by atoms with van der Waals surface area (Å²) < 4.78 is 11.1. The zero-order valence-electron chi connectivity index (χ0n) is 11.9. The van der Waals surface area contributed by atoms with Gasteiger partial charge < -0.3 is 9.47 Å². The molecule has 2 rings (SSSR count). The van der Waals surface area contributed by atoms with Crippen LogP contribution in [0.4, 0.5) is 0 Å². The van der Waals surface area contributed by atoms with E-state index < -0.39 is 0 Å². The molecule has 1 heterocycles. The second-order valence-corrected chi connectivity index (χ2v) is 5.09. The Balaban J connectivity index is 1.75. The first-order valence-electron chi connectivity index (χ1n) is 6.92. The second-order valence-electron chi connectivity index (χ2n) is 5.09. The summed E-state index contributed by atoms with van der Waals surface area (Å²) in [4.78, 5) is 2.38. The third kappa shape index (κ3) is 5.05. The Morgan fingerprint density at radius 2 is 1.89 bits per heavy atom. The van der Waals surface area contributed by atoms with Gasteiger partial charge in [0.2, 0.25) is 0 Å².